The van der Waals surface area contributed by atoms with Crippen molar-refractivity contribution in [3.8, 4) is 0 Å². The highest BCUT2D eigenvalue weighted by molar-refractivity contribution is 6.03. The number of carbonyl (C=O) groups is 2. The molecule has 1 atom stereocenters. The molecule has 2 aromatic rings. The van der Waals surface area contributed by atoms with Crippen molar-refractivity contribution in [1.82, 2.24) is 0 Å². The zero-order valence-electron chi connectivity index (χ0n) is 15.7. The van der Waals surface area contributed by atoms with E-state index in [1.165, 1.54) is 37.1 Å². The average Bonchev–Trinajstić information content (AvgIpc) is 3.12. The first kappa shape index (κ1) is 18.5. The number of amides is 2. The van der Waals surface area contributed by atoms with Crippen molar-refractivity contribution in [1.29, 1.82) is 0 Å². The smallest absolute Gasteiger partial charge is 0.229 e. The van der Waals surface area contributed by atoms with E-state index in [4.69, 9.17) is 0 Å². The summed E-state index contributed by atoms with van der Waals surface area (Å²) in [5.41, 5.74) is 2.53. The van der Waals surface area contributed by atoms with Gasteiger partial charge in [-0.25, -0.2) is 4.39 Å². The standard InChI is InChI=1S/C22H24FN3O2/c23-17-4-8-20(9-5-17)26-15-16(14-21(26)27)22(28)24-18-6-10-19(11-7-18)25-12-2-1-3-13-25/h4-11,16H,1-3,12-15H2,(H,24,28). The van der Waals surface area contributed by atoms with Crippen molar-refractivity contribution in [2.24, 2.45) is 5.92 Å². The first-order chi connectivity index (χ1) is 13.6. The van der Waals surface area contributed by atoms with Crippen molar-refractivity contribution in [2.75, 3.05) is 34.8 Å². The molecule has 2 aliphatic heterocycles. The molecule has 2 amide bonds. The fourth-order valence-corrected chi connectivity index (χ4v) is 3.91. The van der Waals surface area contributed by atoms with Crippen LogP contribution in [0.25, 0.3) is 0 Å². The number of rotatable bonds is 4. The van der Waals surface area contributed by atoms with Crippen molar-refractivity contribution >= 4 is 28.9 Å². The molecule has 2 saturated heterocycles. The molecule has 0 bridgehead atoms. The Kier molecular flexibility index (Phi) is 5.28. The van der Waals surface area contributed by atoms with Crippen LogP contribution in [0.3, 0.4) is 0 Å². The maximum absolute atomic E-state index is 13.1. The Labute approximate surface area is 164 Å². The van der Waals surface area contributed by atoms with E-state index in [-0.39, 0.29) is 24.1 Å². The van der Waals surface area contributed by atoms with Gasteiger partial charge in [0.1, 0.15) is 5.82 Å². The lowest BCUT2D eigenvalue weighted by Crippen LogP contribution is -2.29. The summed E-state index contributed by atoms with van der Waals surface area (Å²) in [7, 11) is 0. The first-order valence-corrected chi connectivity index (χ1v) is 9.82. The second kappa shape index (κ2) is 8.00. The van der Waals surface area contributed by atoms with E-state index >= 15 is 0 Å². The number of nitrogens with one attached hydrogen (secondary N) is 1. The number of carbonyl (C=O) groups excluding carboxylic acids is 2. The summed E-state index contributed by atoms with van der Waals surface area (Å²) in [6.07, 6.45) is 3.90. The van der Waals surface area contributed by atoms with Gasteiger partial charge in [0.05, 0.1) is 5.92 Å². The SMILES string of the molecule is O=C(Nc1ccc(N2CCCCC2)cc1)C1CC(=O)N(c2ccc(F)cc2)C1. The van der Waals surface area contributed by atoms with Gasteiger partial charge in [-0.05, 0) is 67.8 Å². The lowest BCUT2D eigenvalue weighted by molar-refractivity contribution is -0.122. The Morgan fingerprint density at radius 3 is 2.25 bits per heavy atom. The molecule has 0 spiro atoms. The van der Waals surface area contributed by atoms with Crippen LogP contribution in [0.4, 0.5) is 21.5 Å². The van der Waals surface area contributed by atoms with Gasteiger partial charge in [-0.2, -0.15) is 0 Å². The summed E-state index contributed by atoms with van der Waals surface area (Å²) in [5.74, 6) is -1.05. The molecule has 2 aromatic carbocycles. The van der Waals surface area contributed by atoms with Gasteiger partial charge in [0.2, 0.25) is 11.8 Å². The van der Waals surface area contributed by atoms with E-state index in [0.29, 0.717) is 12.2 Å². The second-order valence-electron chi connectivity index (χ2n) is 7.47. The highest BCUT2D eigenvalue weighted by Gasteiger charge is 2.35. The van der Waals surface area contributed by atoms with E-state index in [2.05, 4.69) is 10.2 Å². The summed E-state index contributed by atoms with van der Waals surface area (Å²) >= 11 is 0. The Morgan fingerprint density at radius 1 is 0.929 bits per heavy atom. The minimum absolute atomic E-state index is 0.118. The van der Waals surface area contributed by atoms with Gasteiger partial charge in [-0.15, -0.1) is 0 Å². The van der Waals surface area contributed by atoms with Gasteiger partial charge in [-0.3, -0.25) is 9.59 Å². The number of hydrogen-bond acceptors (Lipinski definition) is 3. The molecule has 0 aromatic heterocycles. The van der Waals surface area contributed by atoms with Crippen LogP contribution >= 0.6 is 0 Å². The zero-order valence-corrected chi connectivity index (χ0v) is 15.7. The second-order valence-corrected chi connectivity index (χ2v) is 7.47. The van der Waals surface area contributed by atoms with Crippen LogP contribution in [0.1, 0.15) is 25.7 Å². The Hall–Kier alpha value is -2.89. The highest BCUT2D eigenvalue weighted by atomic mass is 19.1. The lowest BCUT2D eigenvalue weighted by Gasteiger charge is -2.28. The van der Waals surface area contributed by atoms with Crippen LogP contribution in [-0.2, 0) is 9.59 Å². The first-order valence-electron chi connectivity index (χ1n) is 9.82. The highest BCUT2D eigenvalue weighted by Crippen LogP contribution is 2.27. The topological polar surface area (TPSA) is 52.7 Å². The number of nitrogens with zero attached hydrogens (tertiary/aromatic N) is 2. The molecule has 6 heteroatoms. The molecule has 2 aliphatic rings. The zero-order chi connectivity index (χ0) is 19.5. The van der Waals surface area contributed by atoms with Crippen LogP contribution in [0.5, 0.6) is 0 Å². The van der Waals surface area contributed by atoms with Gasteiger partial charge < -0.3 is 15.1 Å². The van der Waals surface area contributed by atoms with Crippen molar-refractivity contribution < 1.29 is 14.0 Å². The third kappa shape index (κ3) is 4.01. The predicted molar refractivity (Wildman–Crippen MR) is 108 cm³/mol. The third-order valence-electron chi connectivity index (χ3n) is 5.49. The molecular weight excluding hydrogens is 357 g/mol. The molecular formula is C22H24FN3O2. The fourth-order valence-electron chi connectivity index (χ4n) is 3.91. The number of anilines is 3. The summed E-state index contributed by atoms with van der Waals surface area (Å²) < 4.78 is 13.1. The van der Waals surface area contributed by atoms with E-state index < -0.39 is 5.92 Å². The molecule has 146 valence electrons. The van der Waals surface area contributed by atoms with Gasteiger partial charge in [-0.1, -0.05) is 0 Å². The van der Waals surface area contributed by atoms with Crippen molar-refractivity contribution in [3.05, 3.63) is 54.3 Å². The van der Waals surface area contributed by atoms with E-state index in [1.807, 2.05) is 24.3 Å². The van der Waals surface area contributed by atoms with Crippen LogP contribution in [0.15, 0.2) is 48.5 Å². The minimum Gasteiger partial charge on any atom is -0.372 e. The minimum atomic E-state index is -0.417. The monoisotopic (exact) mass is 381 g/mol. The molecule has 1 N–H and O–H groups in total. The molecule has 28 heavy (non-hydrogen) atoms. The molecule has 2 heterocycles. The summed E-state index contributed by atoms with van der Waals surface area (Å²) in [5, 5.41) is 2.92. The van der Waals surface area contributed by atoms with Crippen LogP contribution in [-0.4, -0.2) is 31.4 Å². The maximum Gasteiger partial charge on any atom is 0.229 e. The number of piperidine rings is 1. The summed E-state index contributed by atoms with van der Waals surface area (Å²) in [6, 6.07) is 13.7. The Morgan fingerprint density at radius 2 is 1.57 bits per heavy atom. The molecule has 2 fully saturated rings. The van der Waals surface area contributed by atoms with Gasteiger partial charge in [0.15, 0.2) is 0 Å². The molecule has 0 aliphatic carbocycles. The Bertz CT molecular complexity index is 845. The van der Waals surface area contributed by atoms with Crippen LogP contribution in [0.2, 0.25) is 0 Å². The molecule has 1 unspecified atom stereocenters. The lowest BCUT2D eigenvalue weighted by atomic mass is 10.1. The molecule has 0 radical (unpaired) electrons. The largest absolute Gasteiger partial charge is 0.372 e. The van der Waals surface area contributed by atoms with Gasteiger partial charge in [0.25, 0.3) is 0 Å². The molecule has 4 rings (SSSR count). The quantitative estimate of drug-likeness (QED) is 0.876. The summed E-state index contributed by atoms with van der Waals surface area (Å²) in [6.45, 7) is 2.46. The number of benzene rings is 2. The molecule has 0 saturated carbocycles. The van der Waals surface area contributed by atoms with Crippen LogP contribution < -0.4 is 15.1 Å². The number of halogens is 1. The normalized spacial score (nSPS) is 19.8. The van der Waals surface area contributed by atoms with Gasteiger partial charge in [0, 0.05) is 43.1 Å². The predicted octanol–water partition coefficient (Wildman–Crippen LogP) is 3.81. The number of hydrogen-bond donors (Lipinski definition) is 1. The Balaban J connectivity index is 1.37. The average molecular weight is 381 g/mol. The van der Waals surface area contributed by atoms with Gasteiger partial charge >= 0.3 is 0 Å². The van der Waals surface area contributed by atoms with Crippen molar-refractivity contribution in [2.45, 2.75) is 25.7 Å². The third-order valence-corrected chi connectivity index (χ3v) is 5.49. The van der Waals surface area contributed by atoms with E-state index in [1.54, 1.807) is 17.0 Å². The van der Waals surface area contributed by atoms with E-state index in [0.717, 1.165) is 18.8 Å². The fraction of sp³-hybridized carbons (Fsp3) is 0.364. The summed E-state index contributed by atoms with van der Waals surface area (Å²) in [4.78, 5) is 28.8. The van der Waals surface area contributed by atoms with Crippen molar-refractivity contribution in [3.63, 3.8) is 0 Å². The maximum atomic E-state index is 13.1. The van der Waals surface area contributed by atoms with Crippen LogP contribution in [0, 0.1) is 11.7 Å². The van der Waals surface area contributed by atoms with E-state index in [9.17, 15) is 14.0 Å². The molecule has 5 nitrogen and oxygen atoms in total.